The first-order chi connectivity index (χ1) is 13.3. The Morgan fingerprint density at radius 2 is 1.75 bits per heavy atom. The van der Waals surface area contributed by atoms with E-state index in [0.717, 1.165) is 27.7 Å². The molecule has 0 saturated heterocycles. The molecule has 0 radical (unpaired) electrons. The van der Waals surface area contributed by atoms with Crippen molar-refractivity contribution in [3.8, 4) is 0 Å². The normalized spacial score (nSPS) is 10.9. The monoisotopic (exact) mass is 418 g/mol. The van der Waals surface area contributed by atoms with Crippen LogP contribution in [0.3, 0.4) is 0 Å². The van der Waals surface area contributed by atoms with E-state index >= 15 is 0 Å². The zero-order valence-electron chi connectivity index (χ0n) is 15.8. The van der Waals surface area contributed by atoms with Crippen LogP contribution in [0, 0.1) is 13.8 Å². The van der Waals surface area contributed by atoms with Gasteiger partial charge in [0.1, 0.15) is 5.58 Å². The fourth-order valence-electron chi connectivity index (χ4n) is 2.87. The number of aryl methyl sites for hydroxylation is 2. The summed E-state index contributed by atoms with van der Waals surface area (Å²) in [7, 11) is 1.58. The molecule has 0 aliphatic rings. The van der Waals surface area contributed by atoms with Crippen molar-refractivity contribution in [1.82, 2.24) is 4.90 Å². The number of hydrogen-bond donors (Lipinski definition) is 1. The van der Waals surface area contributed by atoms with Gasteiger partial charge in [-0.3, -0.25) is 9.59 Å². The number of halogens is 2. The smallest absolute Gasteiger partial charge is 0.244 e. The molecule has 2 aromatic carbocycles. The molecule has 146 valence electrons. The van der Waals surface area contributed by atoms with Gasteiger partial charge >= 0.3 is 0 Å². The van der Waals surface area contributed by atoms with Crippen molar-refractivity contribution in [2.24, 2.45) is 0 Å². The van der Waals surface area contributed by atoms with Crippen molar-refractivity contribution < 1.29 is 14.0 Å². The minimum absolute atomic E-state index is 0.117. The molecule has 28 heavy (non-hydrogen) atoms. The zero-order valence-corrected chi connectivity index (χ0v) is 17.3. The summed E-state index contributed by atoms with van der Waals surface area (Å²) in [5, 5.41) is 4.24. The predicted molar refractivity (Wildman–Crippen MR) is 112 cm³/mol. The average molecular weight is 419 g/mol. The van der Waals surface area contributed by atoms with Crippen LogP contribution in [0.1, 0.15) is 16.7 Å². The average Bonchev–Trinajstić information content (AvgIpc) is 3.00. The van der Waals surface area contributed by atoms with Gasteiger partial charge in [0.05, 0.1) is 35.0 Å². The standard InChI is InChI=1S/C21H20Cl2N2O3/c1-12-7-15-14(11-28-18(15)8-13(12)2)9-20(27)25(3)10-19(26)24-21-16(22)5-4-6-17(21)23/h4-8,11H,9-10H2,1-3H3,(H,24,26). The van der Waals surface area contributed by atoms with Gasteiger partial charge in [0.25, 0.3) is 0 Å². The highest BCUT2D eigenvalue weighted by Crippen LogP contribution is 2.29. The quantitative estimate of drug-likeness (QED) is 0.634. The number of carbonyl (C=O) groups is 2. The number of amides is 2. The van der Waals surface area contributed by atoms with Gasteiger partial charge in [-0.2, -0.15) is 0 Å². The first-order valence-electron chi connectivity index (χ1n) is 8.71. The molecule has 0 aliphatic heterocycles. The highest BCUT2D eigenvalue weighted by Gasteiger charge is 2.18. The van der Waals surface area contributed by atoms with E-state index in [9.17, 15) is 9.59 Å². The van der Waals surface area contributed by atoms with Gasteiger partial charge in [0.15, 0.2) is 0 Å². The van der Waals surface area contributed by atoms with E-state index < -0.39 is 0 Å². The van der Waals surface area contributed by atoms with Gasteiger partial charge in [-0.05, 0) is 49.2 Å². The summed E-state index contributed by atoms with van der Waals surface area (Å²) >= 11 is 12.1. The topological polar surface area (TPSA) is 62.6 Å². The van der Waals surface area contributed by atoms with Crippen LogP contribution in [0.15, 0.2) is 41.0 Å². The highest BCUT2D eigenvalue weighted by atomic mass is 35.5. The van der Waals surface area contributed by atoms with Crippen molar-refractivity contribution in [3.05, 3.63) is 63.3 Å². The van der Waals surface area contributed by atoms with Gasteiger partial charge in [-0.15, -0.1) is 0 Å². The SMILES string of the molecule is Cc1cc2occ(CC(=O)N(C)CC(=O)Nc3c(Cl)cccc3Cl)c2cc1C. The van der Waals surface area contributed by atoms with Crippen molar-refractivity contribution >= 4 is 51.7 Å². The Kier molecular flexibility index (Phi) is 5.96. The lowest BCUT2D eigenvalue weighted by Gasteiger charge is -2.17. The second kappa shape index (κ2) is 8.25. The maximum Gasteiger partial charge on any atom is 0.244 e. The summed E-state index contributed by atoms with van der Waals surface area (Å²) in [6, 6.07) is 8.93. The number of rotatable bonds is 5. The predicted octanol–water partition coefficient (Wildman–Crippen LogP) is 5.00. The molecule has 1 N–H and O–H groups in total. The number of benzene rings is 2. The molecule has 0 aliphatic carbocycles. The summed E-state index contributed by atoms with van der Waals surface area (Å²) in [4.78, 5) is 26.2. The zero-order chi connectivity index (χ0) is 20.4. The number of furan rings is 1. The fourth-order valence-corrected chi connectivity index (χ4v) is 3.36. The number of anilines is 1. The second-order valence-electron chi connectivity index (χ2n) is 6.76. The fraction of sp³-hybridized carbons (Fsp3) is 0.238. The summed E-state index contributed by atoms with van der Waals surface area (Å²) in [6.07, 6.45) is 1.74. The number of nitrogens with zero attached hydrogens (tertiary/aromatic N) is 1. The van der Waals surface area contributed by atoms with Crippen LogP contribution in [0.25, 0.3) is 11.0 Å². The van der Waals surface area contributed by atoms with Crippen molar-refractivity contribution in [1.29, 1.82) is 0 Å². The Hall–Kier alpha value is -2.50. The Morgan fingerprint density at radius 3 is 2.43 bits per heavy atom. The van der Waals surface area contributed by atoms with Crippen molar-refractivity contribution in [2.75, 3.05) is 18.9 Å². The van der Waals surface area contributed by atoms with E-state index in [0.29, 0.717) is 15.7 Å². The van der Waals surface area contributed by atoms with Gasteiger partial charge in [0.2, 0.25) is 11.8 Å². The maximum absolute atomic E-state index is 12.6. The van der Waals surface area contributed by atoms with E-state index in [-0.39, 0.29) is 24.8 Å². The molecule has 5 nitrogen and oxygen atoms in total. The Morgan fingerprint density at radius 1 is 1.11 bits per heavy atom. The summed E-state index contributed by atoms with van der Waals surface area (Å²) in [5.74, 6) is -0.573. The van der Waals surface area contributed by atoms with Crippen molar-refractivity contribution in [3.63, 3.8) is 0 Å². The number of likely N-dealkylation sites (N-methyl/N-ethyl adjacent to an activating group) is 1. The van der Waals surface area contributed by atoms with E-state index in [2.05, 4.69) is 5.32 Å². The summed E-state index contributed by atoms with van der Waals surface area (Å²) in [5.41, 5.74) is 4.14. The minimum Gasteiger partial charge on any atom is -0.464 e. The number of fused-ring (bicyclic) bond motifs is 1. The molecule has 1 aromatic heterocycles. The second-order valence-corrected chi connectivity index (χ2v) is 7.58. The van der Waals surface area contributed by atoms with Crippen LogP contribution < -0.4 is 5.32 Å². The number of nitrogens with one attached hydrogen (secondary N) is 1. The van der Waals surface area contributed by atoms with Crippen molar-refractivity contribution in [2.45, 2.75) is 20.3 Å². The summed E-state index contributed by atoms with van der Waals surface area (Å²) < 4.78 is 5.57. The van der Waals surface area contributed by atoms with E-state index in [1.54, 1.807) is 31.5 Å². The Labute approximate surface area is 173 Å². The Bertz CT molecular complexity index is 1040. The van der Waals surface area contributed by atoms with Crippen LogP contribution in [0.5, 0.6) is 0 Å². The molecular weight excluding hydrogens is 399 g/mol. The Balaban J connectivity index is 1.66. The molecule has 0 saturated carbocycles. The first-order valence-corrected chi connectivity index (χ1v) is 9.47. The molecule has 0 spiro atoms. The molecule has 0 fully saturated rings. The van der Waals surface area contributed by atoms with Crippen LogP contribution >= 0.6 is 23.2 Å². The number of para-hydroxylation sites is 1. The molecule has 3 rings (SSSR count). The molecule has 7 heteroatoms. The third-order valence-electron chi connectivity index (χ3n) is 4.65. The number of carbonyl (C=O) groups excluding carboxylic acids is 2. The van der Waals surface area contributed by atoms with E-state index in [1.165, 1.54) is 4.90 Å². The van der Waals surface area contributed by atoms with Crippen LogP contribution in [-0.2, 0) is 16.0 Å². The minimum atomic E-state index is -0.380. The van der Waals surface area contributed by atoms with Crippen LogP contribution in [-0.4, -0.2) is 30.3 Å². The van der Waals surface area contributed by atoms with E-state index in [1.807, 2.05) is 26.0 Å². The molecule has 0 unspecified atom stereocenters. The lowest BCUT2D eigenvalue weighted by molar-refractivity contribution is -0.132. The van der Waals surface area contributed by atoms with Gasteiger partial charge < -0.3 is 14.6 Å². The lowest BCUT2D eigenvalue weighted by atomic mass is 10.0. The van der Waals surface area contributed by atoms with Crippen LogP contribution in [0.2, 0.25) is 10.0 Å². The third-order valence-corrected chi connectivity index (χ3v) is 5.28. The highest BCUT2D eigenvalue weighted by molar-refractivity contribution is 6.39. The molecule has 0 atom stereocenters. The number of hydrogen-bond acceptors (Lipinski definition) is 3. The lowest BCUT2D eigenvalue weighted by Crippen LogP contribution is -2.35. The van der Waals surface area contributed by atoms with E-state index in [4.69, 9.17) is 27.6 Å². The largest absolute Gasteiger partial charge is 0.464 e. The third kappa shape index (κ3) is 4.32. The first kappa shape index (κ1) is 20.2. The van der Waals surface area contributed by atoms with Gasteiger partial charge in [0, 0.05) is 18.0 Å². The molecule has 2 amide bonds. The van der Waals surface area contributed by atoms with Crippen LogP contribution in [0.4, 0.5) is 5.69 Å². The maximum atomic E-state index is 12.6. The molecule has 3 aromatic rings. The molecule has 0 bridgehead atoms. The molecular formula is C21H20Cl2N2O3. The van der Waals surface area contributed by atoms with Gasteiger partial charge in [-0.25, -0.2) is 0 Å². The molecule has 1 heterocycles. The summed E-state index contributed by atoms with van der Waals surface area (Å²) in [6.45, 7) is 3.91. The van der Waals surface area contributed by atoms with Gasteiger partial charge in [-0.1, -0.05) is 29.3 Å².